The lowest BCUT2D eigenvalue weighted by atomic mass is 10.1. The summed E-state index contributed by atoms with van der Waals surface area (Å²) in [6.07, 6.45) is 1.15. The van der Waals surface area contributed by atoms with Gasteiger partial charge in [0, 0.05) is 5.56 Å². The lowest BCUT2D eigenvalue weighted by Crippen LogP contribution is -2.32. The van der Waals surface area contributed by atoms with Crippen molar-refractivity contribution in [2.45, 2.75) is 39.8 Å². The van der Waals surface area contributed by atoms with Gasteiger partial charge in [-0.15, -0.1) is 0 Å². The van der Waals surface area contributed by atoms with Crippen LogP contribution in [0.2, 0.25) is 0 Å². The van der Waals surface area contributed by atoms with Gasteiger partial charge in [-0.25, -0.2) is 14.2 Å². The Morgan fingerprint density at radius 3 is 2.77 bits per heavy atom. The van der Waals surface area contributed by atoms with Crippen molar-refractivity contribution < 1.29 is 13.9 Å². The number of H-pyrrole nitrogens is 1. The van der Waals surface area contributed by atoms with Crippen molar-refractivity contribution in [3.8, 4) is 11.3 Å². The van der Waals surface area contributed by atoms with Crippen molar-refractivity contribution >= 4 is 6.09 Å². The molecule has 0 bridgehead atoms. The molecule has 2 aromatic rings. The number of alkyl carbamates (subject to hydrolysis) is 1. The molecule has 1 amide bonds. The molecule has 0 aliphatic heterocycles. The number of nitrogens with zero attached hydrogens (tertiary/aromatic N) is 1. The molecule has 5 nitrogen and oxygen atoms in total. The highest BCUT2D eigenvalue weighted by atomic mass is 19.1. The summed E-state index contributed by atoms with van der Waals surface area (Å²) >= 11 is 0. The maximum atomic E-state index is 13.3. The number of rotatable bonds is 3. The summed E-state index contributed by atoms with van der Waals surface area (Å²) < 4.78 is 18.4. The first-order valence-corrected chi connectivity index (χ1v) is 7.02. The first-order valence-electron chi connectivity index (χ1n) is 7.02. The molecule has 1 heterocycles. The number of aromatic amines is 1. The zero-order valence-electron chi connectivity index (χ0n) is 13.2. The van der Waals surface area contributed by atoms with E-state index in [-0.39, 0.29) is 12.4 Å². The number of amides is 1. The largest absolute Gasteiger partial charge is 0.444 e. The molecule has 6 heteroatoms. The molecular formula is C16H20FN3O2. The van der Waals surface area contributed by atoms with Crippen LogP contribution >= 0.6 is 0 Å². The van der Waals surface area contributed by atoms with E-state index >= 15 is 0 Å². The molecule has 22 heavy (non-hydrogen) atoms. The number of aromatic nitrogens is 2. The van der Waals surface area contributed by atoms with Gasteiger partial charge in [-0.1, -0.05) is 0 Å². The number of benzene rings is 1. The van der Waals surface area contributed by atoms with Crippen LogP contribution in [-0.4, -0.2) is 21.7 Å². The second-order valence-corrected chi connectivity index (χ2v) is 6.06. The maximum Gasteiger partial charge on any atom is 0.408 e. The van der Waals surface area contributed by atoms with Gasteiger partial charge < -0.3 is 15.0 Å². The van der Waals surface area contributed by atoms with E-state index in [2.05, 4.69) is 15.3 Å². The van der Waals surface area contributed by atoms with Crippen molar-refractivity contribution in [2.75, 3.05) is 0 Å². The van der Waals surface area contributed by atoms with Gasteiger partial charge in [-0.05, 0) is 51.5 Å². The molecule has 0 aliphatic carbocycles. The lowest BCUT2D eigenvalue weighted by Gasteiger charge is -2.19. The summed E-state index contributed by atoms with van der Waals surface area (Å²) in [7, 11) is 0. The predicted molar refractivity (Wildman–Crippen MR) is 81.8 cm³/mol. The van der Waals surface area contributed by atoms with Crippen molar-refractivity contribution in [1.29, 1.82) is 0 Å². The number of halogens is 1. The van der Waals surface area contributed by atoms with Crippen LogP contribution < -0.4 is 5.32 Å². The molecule has 2 N–H and O–H groups in total. The zero-order chi connectivity index (χ0) is 16.3. The second kappa shape index (κ2) is 6.17. The van der Waals surface area contributed by atoms with Crippen LogP contribution in [0.15, 0.2) is 24.4 Å². The minimum Gasteiger partial charge on any atom is -0.444 e. The maximum absolute atomic E-state index is 13.3. The van der Waals surface area contributed by atoms with E-state index < -0.39 is 11.7 Å². The van der Waals surface area contributed by atoms with Gasteiger partial charge in [0.25, 0.3) is 0 Å². The smallest absolute Gasteiger partial charge is 0.408 e. The van der Waals surface area contributed by atoms with Crippen LogP contribution in [0.4, 0.5) is 9.18 Å². The van der Waals surface area contributed by atoms with Gasteiger partial charge in [0.05, 0.1) is 18.4 Å². The van der Waals surface area contributed by atoms with Gasteiger partial charge in [0.2, 0.25) is 0 Å². The minimum absolute atomic E-state index is 0.231. The third-order valence-electron chi connectivity index (χ3n) is 2.90. The highest BCUT2D eigenvalue weighted by Gasteiger charge is 2.16. The Bertz CT molecular complexity index is 674. The summed E-state index contributed by atoms with van der Waals surface area (Å²) in [6.45, 7) is 7.34. The Labute approximate surface area is 128 Å². The standard InChI is InChI=1S/C16H20FN3O2/c1-10-7-11(5-6-12(10)17)13-8-18-14(20-13)9-19-15(21)22-16(2,3)4/h5-8H,9H2,1-4H3,(H,18,20)(H,19,21). The summed E-state index contributed by atoms with van der Waals surface area (Å²) in [4.78, 5) is 18.9. The molecule has 1 aromatic carbocycles. The second-order valence-electron chi connectivity index (χ2n) is 6.06. The number of hydrogen-bond acceptors (Lipinski definition) is 3. The number of nitrogens with one attached hydrogen (secondary N) is 2. The number of aryl methyl sites for hydroxylation is 1. The van der Waals surface area contributed by atoms with E-state index in [1.54, 1.807) is 46.0 Å². The first kappa shape index (κ1) is 16.0. The van der Waals surface area contributed by atoms with Crippen LogP contribution in [0.1, 0.15) is 32.2 Å². The Kier molecular flexibility index (Phi) is 4.49. The quantitative estimate of drug-likeness (QED) is 0.911. The number of hydrogen-bond donors (Lipinski definition) is 2. The Morgan fingerprint density at radius 2 is 2.14 bits per heavy atom. The van der Waals surface area contributed by atoms with Crippen LogP contribution in [0.5, 0.6) is 0 Å². The molecule has 0 aliphatic rings. The highest BCUT2D eigenvalue weighted by Crippen LogP contribution is 2.20. The Hall–Kier alpha value is -2.37. The summed E-state index contributed by atoms with van der Waals surface area (Å²) in [5.41, 5.74) is 1.64. The van der Waals surface area contributed by atoms with E-state index in [0.29, 0.717) is 11.4 Å². The third kappa shape index (κ3) is 4.31. The zero-order valence-corrected chi connectivity index (χ0v) is 13.2. The number of ether oxygens (including phenoxy) is 1. The molecule has 1 aromatic heterocycles. The topological polar surface area (TPSA) is 67.0 Å². The van der Waals surface area contributed by atoms with E-state index in [9.17, 15) is 9.18 Å². The van der Waals surface area contributed by atoms with Crippen LogP contribution in [-0.2, 0) is 11.3 Å². The minimum atomic E-state index is -0.538. The van der Waals surface area contributed by atoms with Gasteiger partial charge in [-0.3, -0.25) is 0 Å². The fraction of sp³-hybridized carbons (Fsp3) is 0.375. The van der Waals surface area contributed by atoms with Crippen molar-refractivity contribution in [3.63, 3.8) is 0 Å². The van der Waals surface area contributed by atoms with Crippen LogP contribution in [0.3, 0.4) is 0 Å². The van der Waals surface area contributed by atoms with Crippen molar-refractivity contribution in [1.82, 2.24) is 15.3 Å². The molecule has 0 saturated carbocycles. The fourth-order valence-corrected chi connectivity index (χ4v) is 1.88. The molecule has 2 rings (SSSR count). The fourth-order valence-electron chi connectivity index (χ4n) is 1.88. The Morgan fingerprint density at radius 1 is 1.41 bits per heavy atom. The van der Waals surface area contributed by atoms with Crippen LogP contribution in [0.25, 0.3) is 11.3 Å². The van der Waals surface area contributed by atoms with Gasteiger partial charge in [0.1, 0.15) is 17.2 Å². The first-order chi connectivity index (χ1) is 10.2. The number of carbonyl (C=O) groups excluding carboxylic acids is 1. The van der Waals surface area contributed by atoms with E-state index in [0.717, 1.165) is 11.3 Å². The summed E-state index contributed by atoms with van der Waals surface area (Å²) in [5, 5.41) is 2.63. The monoisotopic (exact) mass is 305 g/mol. The summed E-state index contributed by atoms with van der Waals surface area (Å²) in [5.74, 6) is 0.359. The average molecular weight is 305 g/mol. The normalized spacial score (nSPS) is 11.3. The third-order valence-corrected chi connectivity index (χ3v) is 2.90. The summed E-state index contributed by atoms with van der Waals surface area (Å²) in [6, 6.07) is 4.85. The number of carbonyl (C=O) groups is 1. The van der Waals surface area contributed by atoms with Crippen LogP contribution in [0, 0.1) is 12.7 Å². The van der Waals surface area contributed by atoms with Gasteiger partial charge >= 0.3 is 6.09 Å². The van der Waals surface area contributed by atoms with E-state index in [1.807, 2.05) is 0 Å². The average Bonchev–Trinajstić information content (AvgIpc) is 2.86. The van der Waals surface area contributed by atoms with Crippen molar-refractivity contribution in [3.05, 3.63) is 41.6 Å². The molecule has 118 valence electrons. The molecule has 0 spiro atoms. The predicted octanol–water partition coefficient (Wildman–Crippen LogP) is 3.55. The molecule has 0 saturated heterocycles. The lowest BCUT2D eigenvalue weighted by molar-refractivity contribution is 0.0522. The molecule has 0 fully saturated rings. The van der Waals surface area contributed by atoms with Gasteiger partial charge in [0.15, 0.2) is 0 Å². The van der Waals surface area contributed by atoms with E-state index in [4.69, 9.17) is 4.74 Å². The molecule has 0 radical (unpaired) electrons. The van der Waals surface area contributed by atoms with E-state index in [1.165, 1.54) is 6.07 Å². The molecule has 0 unspecified atom stereocenters. The number of imidazole rings is 1. The Balaban J connectivity index is 1.99. The molecular weight excluding hydrogens is 285 g/mol. The molecule has 0 atom stereocenters. The van der Waals surface area contributed by atoms with Gasteiger partial charge in [-0.2, -0.15) is 0 Å². The highest BCUT2D eigenvalue weighted by molar-refractivity contribution is 5.67. The van der Waals surface area contributed by atoms with Crippen molar-refractivity contribution in [2.24, 2.45) is 0 Å². The SMILES string of the molecule is Cc1cc(-c2cnc(CNC(=O)OC(C)(C)C)[nH]2)ccc1F.